The molecule has 0 aliphatic carbocycles. The van der Waals surface area contributed by atoms with E-state index in [1.165, 1.54) is 5.56 Å². The van der Waals surface area contributed by atoms with Gasteiger partial charge in [0, 0.05) is 19.4 Å². The van der Waals surface area contributed by atoms with Gasteiger partial charge in [-0.15, -0.1) is 0 Å². The molecule has 3 nitrogen and oxygen atoms in total. The second kappa shape index (κ2) is 5.95. The summed E-state index contributed by atoms with van der Waals surface area (Å²) in [4.78, 5) is 14.4. The molecule has 0 radical (unpaired) electrons. The summed E-state index contributed by atoms with van der Waals surface area (Å²) in [6.45, 7) is 0.872. The van der Waals surface area contributed by atoms with E-state index in [4.69, 9.17) is 4.42 Å². The first kappa shape index (κ1) is 13.0. The van der Waals surface area contributed by atoms with Crippen molar-refractivity contribution in [3.63, 3.8) is 0 Å². The van der Waals surface area contributed by atoms with Crippen molar-refractivity contribution in [2.45, 2.75) is 31.7 Å². The van der Waals surface area contributed by atoms with Crippen molar-refractivity contribution in [2.24, 2.45) is 0 Å². The van der Waals surface area contributed by atoms with Crippen molar-refractivity contribution in [2.75, 3.05) is 6.54 Å². The molecule has 1 aromatic carbocycles. The fraction of sp³-hybridized carbons (Fsp3) is 0.353. The topological polar surface area (TPSA) is 33.5 Å². The number of rotatable bonds is 4. The minimum atomic E-state index is 0.229. The molecular weight excluding hydrogens is 250 g/mol. The van der Waals surface area contributed by atoms with Gasteiger partial charge in [0.05, 0.1) is 12.3 Å². The Morgan fingerprint density at radius 1 is 1.20 bits per heavy atom. The highest BCUT2D eigenvalue weighted by Gasteiger charge is 2.29. The average Bonchev–Trinajstić information content (AvgIpc) is 3.17. The summed E-state index contributed by atoms with van der Waals surface area (Å²) >= 11 is 0. The van der Waals surface area contributed by atoms with Gasteiger partial charge in [-0.25, -0.2) is 0 Å². The number of carbonyl (C=O) groups excluding carboxylic acids is 1. The number of likely N-dealkylation sites (tertiary alicyclic amines) is 1. The third-order valence-electron chi connectivity index (χ3n) is 3.92. The van der Waals surface area contributed by atoms with Crippen LogP contribution in [0.2, 0.25) is 0 Å². The minimum Gasteiger partial charge on any atom is -0.469 e. The van der Waals surface area contributed by atoms with Crippen molar-refractivity contribution >= 4 is 5.91 Å². The van der Waals surface area contributed by atoms with Crippen LogP contribution in [-0.2, 0) is 11.2 Å². The molecule has 1 unspecified atom stereocenters. The van der Waals surface area contributed by atoms with Gasteiger partial charge in [-0.3, -0.25) is 4.79 Å². The van der Waals surface area contributed by atoms with Gasteiger partial charge in [-0.05, 0) is 30.5 Å². The molecule has 0 bridgehead atoms. The normalized spacial score (nSPS) is 18.4. The van der Waals surface area contributed by atoms with E-state index in [9.17, 15) is 4.79 Å². The highest BCUT2D eigenvalue weighted by atomic mass is 16.3. The third-order valence-corrected chi connectivity index (χ3v) is 3.92. The monoisotopic (exact) mass is 269 g/mol. The molecule has 3 heteroatoms. The first-order valence-corrected chi connectivity index (χ1v) is 7.21. The van der Waals surface area contributed by atoms with Gasteiger partial charge in [0.15, 0.2) is 0 Å². The molecule has 0 N–H and O–H groups in total. The Morgan fingerprint density at radius 2 is 2.05 bits per heavy atom. The summed E-state index contributed by atoms with van der Waals surface area (Å²) < 4.78 is 5.29. The van der Waals surface area contributed by atoms with E-state index in [1.54, 1.807) is 6.26 Å². The quantitative estimate of drug-likeness (QED) is 0.850. The predicted molar refractivity (Wildman–Crippen MR) is 77.2 cm³/mol. The molecule has 1 fully saturated rings. The molecule has 0 spiro atoms. The molecule has 1 aliphatic heterocycles. The van der Waals surface area contributed by atoms with Gasteiger partial charge < -0.3 is 9.32 Å². The number of aryl methyl sites for hydroxylation is 1. The highest BCUT2D eigenvalue weighted by molar-refractivity contribution is 5.77. The summed E-state index contributed by atoms with van der Waals surface area (Å²) in [5.74, 6) is 1.11. The zero-order valence-corrected chi connectivity index (χ0v) is 11.5. The lowest BCUT2D eigenvalue weighted by molar-refractivity contribution is -0.132. The van der Waals surface area contributed by atoms with Crippen molar-refractivity contribution in [3.8, 4) is 0 Å². The zero-order valence-electron chi connectivity index (χ0n) is 11.5. The van der Waals surface area contributed by atoms with Crippen LogP contribution in [-0.4, -0.2) is 17.4 Å². The molecule has 1 aliphatic rings. The number of hydrogen-bond donors (Lipinski definition) is 0. The number of benzene rings is 1. The molecular formula is C17H19NO2. The molecule has 1 amide bonds. The van der Waals surface area contributed by atoms with Gasteiger partial charge in [-0.1, -0.05) is 30.3 Å². The summed E-state index contributed by atoms with van der Waals surface area (Å²) in [6.07, 6.45) is 5.02. The Hall–Kier alpha value is -2.03. The maximum atomic E-state index is 12.4. The average molecular weight is 269 g/mol. The zero-order chi connectivity index (χ0) is 13.8. The Labute approximate surface area is 119 Å². The summed E-state index contributed by atoms with van der Waals surface area (Å²) in [5.41, 5.74) is 1.25. The van der Waals surface area contributed by atoms with Gasteiger partial charge in [0.25, 0.3) is 0 Å². The summed E-state index contributed by atoms with van der Waals surface area (Å²) in [6, 6.07) is 14.4. The van der Waals surface area contributed by atoms with Gasteiger partial charge >= 0.3 is 0 Å². The fourth-order valence-electron chi connectivity index (χ4n) is 2.92. The fourth-order valence-corrected chi connectivity index (χ4v) is 2.92. The van der Waals surface area contributed by atoms with Gasteiger partial charge in [-0.2, -0.15) is 0 Å². The molecule has 1 saturated heterocycles. The Balaban J connectivity index is 1.64. The van der Waals surface area contributed by atoms with Crippen LogP contribution in [0.3, 0.4) is 0 Å². The SMILES string of the molecule is O=C(CCc1ccco1)N1CCCC1c1ccccc1. The van der Waals surface area contributed by atoms with E-state index in [0.717, 1.165) is 25.1 Å². The van der Waals surface area contributed by atoms with Crippen LogP contribution >= 0.6 is 0 Å². The second-order valence-electron chi connectivity index (χ2n) is 5.24. The van der Waals surface area contributed by atoms with Crippen LogP contribution in [0.15, 0.2) is 53.1 Å². The van der Waals surface area contributed by atoms with Gasteiger partial charge in [0.2, 0.25) is 5.91 Å². The van der Waals surface area contributed by atoms with Gasteiger partial charge in [0.1, 0.15) is 5.76 Å². The van der Waals surface area contributed by atoms with Crippen molar-refractivity contribution in [1.29, 1.82) is 0 Å². The number of nitrogens with zero attached hydrogens (tertiary/aromatic N) is 1. The Morgan fingerprint density at radius 3 is 2.80 bits per heavy atom. The summed E-state index contributed by atoms with van der Waals surface area (Å²) in [5, 5.41) is 0. The first-order valence-electron chi connectivity index (χ1n) is 7.21. The van der Waals surface area contributed by atoms with E-state index in [0.29, 0.717) is 12.8 Å². The van der Waals surface area contributed by atoms with Crippen LogP contribution < -0.4 is 0 Å². The number of amides is 1. The molecule has 0 saturated carbocycles. The highest BCUT2D eigenvalue weighted by Crippen LogP contribution is 2.32. The van der Waals surface area contributed by atoms with E-state index < -0.39 is 0 Å². The lowest BCUT2D eigenvalue weighted by Gasteiger charge is -2.25. The molecule has 1 aromatic heterocycles. The van der Waals surface area contributed by atoms with Crippen LogP contribution in [0.25, 0.3) is 0 Å². The third kappa shape index (κ3) is 2.77. The predicted octanol–water partition coefficient (Wildman–Crippen LogP) is 3.58. The molecule has 20 heavy (non-hydrogen) atoms. The number of hydrogen-bond acceptors (Lipinski definition) is 2. The van der Waals surface area contributed by atoms with E-state index >= 15 is 0 Å². The Kier molecular flexibility index (Phi) is 3.86. The lowest BCUT2D eigenvalue weighted by atomic mass is 10.0. The number of furan rings is 1. The lowest BCUT2D eigenvalue weighted by Crippen LogP contribution is -2.30. The maximum Gasteiger partial charge on any atom is 0.223 e. The van der Waals surface area contributed by atoms with Crippen LogP contribution in [0.1, 0.15) is 36.6 Å². The smallest absolute Gasteiger partial charge is 0.223 e. The van der Waals surface area contributed by atoms with E-state index in [1.807, 2.05) is 35.2 Å². The van der Waals surface area contributed by atoms with Crippen LogP contribution in [0.4, 0.5) is 0 Å². The number of carbonyl (C=O) groups is 1. The molecule has 104 valence electrons. The van der Waals surface area contributed by atoms with Crippen LogP contribution in [0, 0.1) is 0 Å². The largest absolute Gasteiger partial charge is 0.469 e. The van der Waals surface area contributed by atoms with Crippen molar-refractivity contribution in [1.82, 2.24) is 4.90 Å². The second-order valence-corrected chi connectivity index (χ2v) is 5.24. The van der Waals surface area contributed by atoms with Crippen molar-refractivity contribution in [3.05, 3.63) is 60.1 Å². The standard InChI is InChI=1S/C17H19NO2/c19-17(11-10-15-8-5-13-20-15)18-12-4-9-16(18)14-6-2-1-3-7-14/h1-3,5-8,13,16H,4,9-12H2. The minimum absolute atomic E-state index is 0.229. The Bertz CT molecular complexity index is 548. The van der Waals surface area contributed by atoms with E-state index in [-0.39, 0.29) is 11.9 Å². The molecule has 2 heterocycles. The molecule has 2 aromatic rings. The molecule has 3 rings (SSSR count). The van der Waals surface area contributed by atoms with E-state index in [2.05, 4.69) is 12.1 Å². The maximum absolute atomic E-state index is 12.4. The molecule has 1 atom stereocenters. The first-order chi connectivity index (χ1) is 9.84. The van der Waals surface area contributed by atoms with Crippen LogP contribution in [0.5, 0.6) is 0 Å². The van der Waals surface area contributed by atoms with Crippen molar-refractivity contribution < 1.29 is 9.21 Å². The summed E-state index contributed by atoms with van der Waals surface area (Å²) in [7, 11) is 0.